The topological polar surface area (TPSA) is 27.1 Å². The van der Waals surface area contributed by atoms with Crippen LogP contribution in [0, 0.1) is 0 Å². The van der Waals surface area contributed by atoms with Gasteiger partial charge in [0, 0.05) is 18.4 Å². The van der Waals surface area contributed by atoms with Crippen LogP contribution in [0.2, 0.25) is 0 Å². The molecule has 2 unspecified atom stereocenters. The van der Waals surface area contributed by atoms with E-state index in [0.717, 1.165) is 25.0 Å². The maximum absolute atomic E-state index is 6.07. The van der Waals surface area contributed by atoms with E-state index in [1.54, 1.807) is 0 Å². The Balaban J connectivity index is 1.74. The van der Waals surface area contributed by atoms with Crippen molar-refractivity contribution in [3.63, 3.8) is 0 Å². The van der Waals surface area contributed by atoms with E-state index >= 15 is 0 Å². The first-order valence-electron chi connectivity index (χ1n) is 6.51. The zero-order valence-corrected chi connectivity index (χ0v) is 11.0. The van der Waals surface area contributed by atoms with E-state index in [2.05, 4.69) is 16.0 Å². The van der Waals surface area contributed by atoms with Crippen molar-refractivity contribution < 1.29 is 4.74 Å². The first-order chi connectivity index (χ1) is 8.19. The molecule has 4 heteroatoms. The second kappa shape index (κ2) is 4.29. The molecule has 1 aromatic rings. The van der Waals surface area contributed by atoms with Crippen LogP contribution in [0.1, 0.15) is 56.0 Å². The van der Waals surface area contributed by atoms with Gasteiger partial charge in [-0.1, -0.05) is 0 Å². The summed E-state index contributed by atoms with van der Waals surface area (Å²) in [6.07, 6.45) is 9.94. The van der Waals surface area contributed by atoms with Gasteiger partial charge >= 0.3 is 0 Å². The predicted octanol–water partition coefficient (Wildman–Crippen LogP) is 3.46. The Labute approximate surface area is 107 Å². The minimum Gasteiger partial charge on any atom is -0.375 e. The molecule has 0 radical (unpaired) electrons. The van der Waals surface area contributed by atoms with E-state index in [9.17, 15) is 0 Å². The van der Waals surface area contributed by atoms with E-state index < -0.39 is 0 Å². The normalized spacial score (nSPS) is 28.9. The monoisotopic (exact) mass is 254 g/mol. The quantitative estimate of drug-likeness (QED) is 0.756. The number of halogens is 1. The number of alkyl halides is 1. The van der Waals surface area contributed by atoms with E-state index in [0.29, 0.717) is 6.04 Å². The molecule has 0 amide bonds. The first kappa shape index (κ1) is 11.5. The second-order valence-electron chi connectivity index (χ2n) is 5.40. The SMILES string of the molecule is CC(Cl)c1cnn(C2CCOC3(CCC3)C2)c1. The molecular weight excluding hydrogens is 236 g/mol. The summed E-state index contributed by atoms with van der Waals surface area (Å²) in [6.45, 7) is 2.86. The molecule has 1 saturated carbocycles. The van der Waals surface area contributed by atoms with Gasteiger partial charge in [0.1, 0.15) is 0 Å². The summed E-state index contributed by atoms with van der Waals surface area (Å²) < 4.78 is 8.03. The predicted molar refractivity (Wildman–Crippen MR) is 67.3 cm³/mol. The molecule has 1 spiro atoms. The van der Waals surface area contributed by atoms with Gasteiger partial charge in [0.05, 0.1) is 23.2 Å². The Hall–Kier alpha value is -0.540. The van der Waals surface area contributed by atoms with Crippen molar-refractivity contribution >= 4 is 11.6 Å². The van der Waals surface area contributed by atoms with Gasteiger partial charge in [0.15, 0.2) is 0 Å². The van der Waals surface area contributed by atoms with Crippen LogP contribution < -0.4 is 0 Å². The third kappa shape index (κ3) is 2.11. The number of hydrogen-bond donors (Lipinski definition) is 0. The van der Waals surface area contributed by atoms with Gasteiger partial charge in [-0.2, -0.15) is 5.10 Å². The van der Waals surface area contributed by atoms with Gasteiger partial charge in [-0.3, -0.25) is 4.68 Å². The van der Waals surface area contributed by atoms with Crippen LogP contribution in [0.5, 0.6) is 0 Å². The summed E-state index contributed by atoms with van der Waals surface area (Å²) >= 11 is 6.07. The molecule has 2 aliphatic rings. The van der Waals surface area contributed by atoms with Crippen LogP contribution in [-0.2, 0) is 4.74 Å². The summed E-state index contributed by atoms with van der Waals surface area (Å²) in [5, 5.41) is 4.50. The third-order valence-electron chi connectivity index (χ3n) is 4.19. The molecule has 17 heavy (non-hydrogen) atoms. The molecule has 1 aromatic heterocycles. The zero-order chi connectivity index (χ0) is 11.9. The van der Waals surface area contributed by atoms with Crippen LogP contribution in [0.25, 0.3) is 0 Å². The summed E-state index contributed by atoms with van der Waals surface area (Å²) in [6, 6.07) is 0.494. The highest BCUT2D eigenvalue weighted by atomic mass is 35.5. The lowest BCUT2D eigenvalue weighted by atomic mass is 9.74. The fourth-order valence-corrected chi connectivity index (χ4v) is 3.02. The number of ether oxygens (including phenoxy) is 1. The molecule has 2 heterocycles. The third-order valence-corrected chi connectivity index (χ3v) is 4.44. The Morgan fingerprint density at radius 3 is 3.00 bits per heavy atom. The van der Waals surface area contributed by atoms with Crippen molar-refractivity contribution in [2.45, 2.75) is 56.0 Å². The fraction of sp³-hybridized carbons (Fsp3) is 0.769. The smallest absolute Gasteiger partial charge is 0.0703 e. The van der Waals surface area contributed by atoms with Crippen molar-refractivity contribution in [3.8, 4) is 0 Å². The molecule has 1 aliphatic heterocycles. The van der Waals surface area contributed by atoms with Gasteiger partial charge in [-0.25, -0.2) is 0 Å². The Morgan fingerprint density at radius 2 is 2.41 bits per heavy atom. The molecule has 94 valence electrons. The molecule has 1 aliphatic carbocycles. The maximum atomic E-state index is 6.07. The summed E-state index contributed by atoms with van der Waals surface area (Å²) in [4.78, 5) is 0. The highest BCUT2D eigenvalue weighted by Gasteiger charge is 2.43. The molecule has 0 N–H and O–H groups in total. The van der Waals surface area contributed by atoms with E-state index in [-0.39, 0.29) is 11.0 Å². The Bertz CT molecular complexity index is 398. The van der Waals surface area contributed by atoms with Crippen LogP contribution in [0.3, 0.4) is 0 Å². The van der Waals surface area contributed by atoms with Crippen molar-refractivity contribution in [2.24, 2.45) is 0 Å². The first-order valence-corrected chi connectivity index (χ1v) is 6.94. The van der Waals surface area contributed by atoms with Crippen LogP contribution >= 0.6 is 11.6 Å². The average Bonchev–Trinajstić information content (AvgIpc) is 2.76. The highest BCUT2D eigenvalue weighted by Crippen LogP contribution is 2.45. The number of rotatable bonds is 2. The van der Waals surface area contributed by atoms with Crippen molar-refractivity contribution in [1.82, 2.24) is 9.78 Å². The lowest BCUT2D eigenvalue weighted by molar-refractivity contribution is -0.141. The van der Waals surface area contributed by atoms with Crippen molar-refractivity contribution in [2.75, 3.05) is 6.61 Å². The summed E-state index contributed by atoms with van der Waals surface area (Å²) in [7, 11) is 0. The number of aromatic nitrogens is 2. The molecule has 2 fully saturated rings. The largest absolute Gasteiger partial charge is 0.375 e. The average molecular weight is 255 g/mol. The molecular formula is C13H19ClN2O. The van der Waals surface area contributed by atoms with E-state index in [4.69, 9.17) is 16.3 Å². The number of hydrogen-bond acceptors (Lipinski definition) is 2. The fourth-order valence-electron chi connectivity index (χ4n) is 2.91. The second-order valence-corrected chi connectivity index (χ2v) is 6.06. The van der Waals surface area contributed by atoms with Gasteiger partial charge in [-0.15, -0.1) is 11.6 Å². The Morgan fingerprint density at radius 1 is 1.59 bits per heavy atom. The van der Waals surface area contributed by atoms with Gasteiger partial charge in [0.25, 0.3) is 0 Å². The van der Waals surface area contributed by atoms with Gasteiger partial charge < -0.3 is 4.74 Å². The molecule has 3 nitrogen and oxygen atoms in total. The molecule has 3 rings (SSSR count). The molecule has 2 atom stereocenters. The number of nitrogens with zero attached hydrogens (tertiary/aromatic N) is 2. The zero-order valence-electron chi connectivity index (χ0n) is 10.2. The molecule has 0 aromatic carbocycles. The van der Waals surface area contributed by atoms with Crippen LogP contribution in [-0.4, -0.2) is 22.0 Å². The minimum atomic E-state index is 0.0428. The lowest BCUT2D eigenvalue weighted by Crippen LogP contribution is -2.46. The molecule has 0 bridgehead atoms. The summed E-state index contributed by atoms with van der Waals surface area (Å²) in [5.74, 6) is 0. The highest BCUT2D eigenvalue weighted by molar-refractivity contribution is 6.20. The van der Waals surface area contributed by atoms with Gasteiger partial charge in [-0.05, 0) is 39.0 Å². The maximum Gasteiger partial charge on any atom is 0.0703 e. The van der Waals surface area contributed by atoms with Crippen LogP contribution in [0.15, 0.2) is 12.4 Å². The lowest BCUT2D eigenvalue weighted by Gasteiger charge is -2.47. The Kier molecular flexibility index (Phi) is 2.91. The van der Waals surface area contributed by atoms with Gasteiger partial charge in [0.2, 0.25) is 0 Å². The molecule has 1 saturated heterocycles. The van der Waals surface area contributed by atoms with Crippen LogP contribution in [0.4, 0.5) is 0 Å². The standard InChI is InChI=1S/C13H19ClN2O/c1-10(14)11-8-15-16(9-11)12-3-6-17-13(7-12)4-2-5-13/h8-10,12H,2-7H2,1H3. The summed E-state index contributed by atoms with van der Waals surface area (Å²) in [5.41, 5.74) is 1.29. The van der Waals surface area contributed by atoms with Crippen molar-refractivity contribution in [3.05, 3.63) is 18.0 Å². The van der Waals surface area contributed by atoms with Crippen molar-refractivity contribution in [1.29, 1.82) is 0 Å². The minimum absolute atomic E-state index is 0.0428. The van der Waals surface area contributed by atoms with E-state index in [1.807, 2.05) is 13.1 Å². The van der Waals surface area contributed by atoms with E-state index in [1.165, 1.54) is 19.3 Å².